The van der Waals surface area contributed by atoms with E-state index in [2.05, 4.69) is 0 Å². The van der Waals surface area contributed by atoms with Gasteiger partial charge in [0.2, 0.25) is 0 Å². The van der Waals surface area contributed by atoms with Gasteiger partial charge in [0.05, 0.1) is 10.5 Å². The predicted molar refractivity (Wildman–Crippen MR) is 105 cm³/mol. The molecule has 1 N–H and O–H groups in total. The Morgan fingerprint density at radius 2 is 1.34 bits per heavy atom. The third kappa shape index (κ3) is 3.43. The van der Waals surface area contributed by atoms with E-state index in [4.69, 9.17) is 0 Å². The second kappa shape index (κ2) is 6.50. The molecule has 0 spiro atoms. The minimum Gasteiger partial charge on any atom is -0.268 e. The van der Waals surface area contributed by atoms with Gasteiger partial charge in [-0.1, -0.05) is 24.3 Å². The first-order chi connectivity index (χ1) is 13.6. The highest BCUT2D eigenvalue weighted by atomic mass is 32.2. The van der Waals surface area contributed by atoms with Gasteiger partial charge >= 0.3 is 0 Å². The fourth-order valence-corrected chi connectivity index (χ4v) is 5.01. The summed E-state index contributed by atoms with van der Waals surface area (Å²) in [5, 5.41) is 0. The number of halogens is 1. The molecular weight excluding hydrogens is 417 g/mol. The lowest BCUT2D eigenvalue weighted by molar-refractivity contribution is 0.0985. The molecular formula is C20H14FNO5S2. The Hall–Kier alpha value is -3.04. The van der Waals surface area contributed by atoms with Crippen LogP contribution < -0.4 is 4.72 Å². The zero-order chi connectivity index (χ0) is 21.0. The molecule has 1 aliphatic rings. The van der Waals surface area contributed by atoms with Crippen LogP contribution >= 0.6 is 0 Å². The summed E-state index contributed by atoms with van der Waals surface area (Å²) in [5.74, 6) is -1.17. The second-order valence-electron chi connectivity index (χ2n) is 6.63. The molecule has 6 nitrogen and oxygen atoms in total. The Kier molecular flexibility index (Phi) is 4.32. The molecule has 0 bridgehead atoms. The summed E-state index contributed by atoms with van der Waals surface area (Å²) in [6.07, 6.45) is 1.09. The number of carbonyl (C=O) groups is 1. The largest absolute Gasteiger partial charge is 0.268 e. The van der Waals surface area contributed by atoms with Crippen LogP contribution in [0.4, 0.5) is 4.39 Å². The number of amides is 1. The van der Waals surface area contributed by atoms with Gasteiger partial charge in [-0.2, -0.15) is 0 Å². The highest BCUT2D eigenvalue weighted by molar-refractivity contribution is 7.91. The standard InChI is InChI=1S/C20H14FNO5S2/c1-28(24,25)15-8-4-13(5-9-15)17-11-19-18(20(23)22-29(19,26)27)10-16(17)12-2-6-14(21)7-3-12/h2-11H,1H3,(H,22,23). The first kappa shape index (κ1) is 19.3. The molecule has 0 unspecified atom stereocenters. The van der Waals surface area contributed by atoms with Crippen LogP contribution in [0.2, 0.25) is 0 Å². The average Bonchev–Trinajstić information content (AvgIpc) is 2.89. The van der Waals surface area contributed by atoms with Crippen LogP contribution in [0.5, 0.6) is 0 Å². The summed E-state index contributed by atoms with van der Waals surface area (Å²) in [7, 11) is -7.37. The number of rotatable bonds is 3. The van der Waals surface area contributed by atoms with Crippen molar-refractivity contribution >= 4 is 25.8 Å². The Morgan fingerprint density at radius 3 is 1.90 bits per heavy atom. The van der Waals surface area contributed by atoms with Crippen LogP contribution in [0.3, 0.4) is 0 Å². The normalized spacial score (nSPS) is 15.0. The molecule has 0 radical (unpaired) electrons. The van der Waals surface area contributed by atoms with Crippen molar-refractivity contribution in [3.63, 3.8) is 0 Å². The maximum Gasteiger partial charge on any atom is 0.266 e. The van der Waals surface area contributed by atoms with Crippen molar-refractivity contribution in [1.29, 1.82) is 0 Å². The van der Waals surface area contributed by atoms with Crippen molar-refractivity contribution in [2.75, 3.05) is 6.26 Å². The molecule has 1 heterocycles. The van der Waals surface area contributed by atoms with Gasteiger partial charge in [-0.3, -0.25) is 4.79 Å². The van der Waals surface area contributed by atoms with Gasteiger partial charge in [-0.05, 0) is 58.7 Å². The fourth-order valence-electron chi connectivity index (χ4n) is 3.20. The first-order valence-corrected chi connectivity index (χ1v) is 11.8. The molecule has 3 aromatic rings. The van der Waals surface area contributed by atoms with Crippen molar-refractivity contribution in [3.8, 4) is 22.3 Å². The summed E-state index contributed by atoms with van der Waals surface area (Å²) in [5.41, 5.74) is 2.11. The summed E-state index contributed by atoms with van der Waals surface area (Å²) >= 11 is 0. The third-order valence-electron chi connectivity index (χ3n) is 4.63. The SMILES string of the molecule is CS(=O)(=O)c1ccc(-c2cc3c(cc2-c2ccc(F)cc2)C(=O)NS3(=O)=O)cc1. The minimum absolute atomic E-state index is 0.000770. The molecule has 0 aromatic heterocycles. The molecule has 0 saturated heterocycles. The van der Waals surface area contributed by atoms with Crippen molar-refractivity contribution in [1.82, 2.24) is 4.72 Å². The van der Waals surface area contributed by atoms with Crippen LogP contribution in [0, 0.1) is 5.82 Å². The van der Waals surface area contributed by atoms with Gasteiger partial charge in [0.1, 0.15) is 10.7 Å². The molecule has 0 aliphatic carbocycles. The van der Waals surface area contributed by atoms with Crippen molar-refractivity contribution in [3.05, 3.63) is 72.0 Å². The number of benzene rings is 3. The molecule has 0 fully saturated rings. The van der Waals surface area contributed by atoms with Crippen LogP contribution in [-0.2, 0) is 19.9 Å². The molecule has 1 amide bonds. The molecule has 0 atom stereocenters. The van der Waals surface area contributed by atoms with Crippen molar-refractivity contribution < 1.29 is 26.0 Å². The minimum atomic E-state index is -3.98. The van der Waals surface area contributed by atoms with E-state index in [0.29, 0.717) is 22.3 Å². The van der Waals surface area contributed by atoms with E-state index in [1.807, 2.05) is 4.72 Å². The highest BCUT2D eigenvalue weighted by Crippen LogP contribution is 2.38. The van der Waals surface area contributed by atoms with Gasteiger partial charge in [0, 0.05) is 6.26 Å². The first-order valence-electron chi connectivity index (χ1n) is 8.38. The Balaban J connectivity index is 1.99. The van der Waals surface area contributed by atoms with E-state index < -0.39 is 31.6 Å². The van der Waals surface area contributed by atoms with Crippen LogP contribution in [0.25, 0.3) is 22.3 Å². The number of carbonyl (C=O) groups excluding carboxylic acids is 1. The van der Waals surface area contributed by atoms with Crippen molar-refractivity contribution in [2.24, 2.45) is 0 Å². The van der Waals surface area contributed by atoms with E-state index in [1.54, 1.807) is 12.1 Å². The lowest BCUT2D eigenvalue weighted by Gasteiger charge is -2.13. The van der Waals surface area contributed by atoms with Gasteiger partial charge < -0.3 is 0 Å². The molecule has 4 rings (SSSR count). The Bertz CT molecular complexity index is 1360. The second-order valence-corrected chi connectivity index (χ2v) is 10.3. The van der Waals surface area contributed by atoms with E-state index in [0.717, 1.165) is 6.26 Å². The molecule has 29 heavy (non-hydrogen) atoms. The molecule has 9 heteroatoms. The Morgan fingerprint density at radius 1 is 0.828 bits per heavy atom. The summed E-state index contributed by atoms with van der Waals surface area (Å²) in [4.78, 5) is 12.1. The van der Waals surface area contributed by atoms with Crippen molar-refractivity contribution in [2.45, 2.75) is 9.79 Å². The predicted octanol–water partition coefficient (Wildman–Crippen LogP) is 3.00. The number of fused-ring (bicyclic) bond motifs is 1. The van der Waals surface area contributed by atoms with Gasteiger partial charge in [-0.25, -0.2) is 25.9 Å². The van der Waals surface area contributed by atoms with Gasteiger partial charge in [-0.15, -0.1) is 0 Å². The smallest absolute Gasteiger partial charge is 0.266 e. The summed E-state index contributed by atoms with van der Waals surface area (Å²) in [6, 6.07) is 14.3. The van der Waals surface area contributed by atoms with Gasteiger partial charge in [0.15, 0.2) is 9.84 Å². The van der Waals surface area contributed by atoms with Crippen LogP contribution in [0.1, 0.15) is 10.4 Å². The topological polar surface area (TPSA) is 97.4 Å². The lowest BCUT2D eigenvalue weighted by Crippen LogP contribution is -2.20. The number of sulfone groups is 1. The van der Waals surface area contributed by atoms with E-state index in [9.17, 15) is 26.0 Å². The quantitative estimate of drug-likeness (QED) is 0.688. The van der Waals surface area contributed by atoms with Gasteiger partial charge in [0.25, 0.3) is 15.9 Å². The maximum absolute atomic E-state index is 13.4. The number of hydrogen-bond donors (Lipinski definition) is 1. The lowest BCUT2D eigenvalue weighted by atomic mass is 9.92. The number of hydrogen-bond acceptors (Lipinski definition) is 5. The van der Waals surface area contributed by atoms with E-state index in [1.165, 1.54) is 48.5 Å². The molecule has 1 aliphatic heterocycles. The van der Waals surface area contributed by atoms with E-state index >= 15 is 0 Å². The highest BCUT2D eigenvalue weighted by Gasteiger charge is 2.34. The third-order valence-corrected chi connectivity index (χ3v) is 7.13. The maximum atomic E-state index is 13.4. The fraction of sp³-hybridized carbons (Fsp3) is 0.0500. The Labute approximate surface area is 167 Å². The number of nitrogens with one attached hydrogen (secondary N) is 1. The molecule has 0 saturated carbocycles. The summed E-state index contributed by atoms with van der Waals surface area (Å²) in [6.45, 7) is 0. The molecule has 3 aromatic carbocycles. The zero-order valence-electron chi connectivity index (χ0n) is 15.0. The average molecular weight is 431 g/mol. The van der Waals surface area contributed by atoms with Crippen LogP contribution in [0.15, 0.2) is 70.5 Å². The van der Waals surface area contributed by atoms with Crippen LogP contribution in [-0.4, -0.2) is 29.0 Å². The van der Waals surface area contributed by atoms with E-state index in [-0.39, 0.29) is 15.4 Å². The zero-order valence-corrected chi connectivity index (χ0v) is 16.6. The summed E-state index contributed by atoms with van der Waals surface area (Å²) < 4.78 is 63.3. The number of sulfonamides is 1. The monoisotopic (exact) mass is 431 g/mol. The molecule has 148 valence electrons.